The summed E-state index contributed by atoms with van der Waals surface area (Å²) in [4.78, 5) is 1.29. The lowest BCUT2D eigenvalue weighted by molar-refractivity contribution is 0.0741. The van der Waals surface area contributed by atoms with Gasteiger partial charge in [-0.15, -0.1) is 11.3 Å². The van der Waals surface area contributed by atoms with Gasteiger partial charge in [0.15, 0.2) is 0 Å². The Morgan fingerprint density at radius 3 is 2.65 bits per heavy atom. The normalized spacial score (nSPS) is 27.0. The lowest BCUT2D eigenvalue weighted by atomic mass is 9.78. The van der Waals surface area contributed by atoms with Crippen molar-refractivity contribution in [2.45, 2.75) is 51.6 Å². The van der Waals surface area contributed by atoms with Crippen molar-refractivity contribution in [3.05, 3.63) is 20.8 Å². The van der Waals surface area contributed by atoms with Gasteiger partial charge in [0.05, 0.1) is 6.10 Å². The maximum atomic E-state index is 10.3. The molecule has 1 N–H and O–H groups in total. The van der Waals surface area contributed by atoms with Crippen LogP contribution in [-0.2, 0) is 6.42 Å². The van der Waals surface area contributed by atoms with Crippen LogP contribution in [0, 0.1) is 11.8 Å². The summed E-state index contributed by atoms with van der Waals surface area (Å²) in [5, 5.41) is 12.4. The number of rotatable bonds is 4. The molecule has 0 saturated heterocycles. The van der Waals surface area contributed by atoms with Crippen LogP contribution in [0.15, 0.2) is 15.9 Å². The fourth-order valence-corrected chi connectivity index (χ4v) is 4.32. The summed E-state index contributed by atoms with van der Waals surface area (Å²) in [5.41, 5.74) is 0. The first-order valence-electron chi connectivity index (χ1n) is 6.60. The van der Waals surface area contributed by atoms with Gasteiger partial charge in [-0.3, -0.25) is 0 Å². The summed E-state index contributed by atoms with van der Waals surface area (Å²) >= 11 is 5.20. The Bertz CT molecular complexity index is 342. The molecule has 3 heteroatoms. The van der Waals surface area contributed by atoms with E-state index in [1.807, 2.05) is 0 Å². The molecule has 1 nitrogen and oxygen atoms in total. The monoisotopic (exact) mass is 316 g/mol. The molecule has 0 aromatic carbocycles. The molecule has 2 rings (SSSR count). The van der Waals surface area contributed by atoms with Crippen LogP contribution in [0.3, 0.4) is 0 Å². The smallest absolute Gasteiger partial charge is 0.0616 e. The van der Waals surface area contributed by atoms with Gasteiger partial charge in [0.2, 0.25) is 0 Å². The van der Waals surface area contributed by atoms with Gasteiger partial charge < -0.3 is 5.11 Å². The molecule has 0 radical (unpaired) electrons. The van der Waals surface area contributed by atoms with Crippen molar-refractivity contribution < 1.29 is 5.11 Å². The molecule has 0 spiro atoms. The summed E-state index contributed by atoms with van der Waals surface area (Å²) in [7, 11) is 0. The van der Waals surface area contributed by atoms with Crippen LogP contribution in [0.1, 0.15) is 43.9 Å². The summed E-state index contributed by atoms with van der Waals surface area (Å²) in [6, 6.07) is 2.13. The summed E-state index contributed by atoms with van der Waals surface area (Å²) in [6.45, 7) is 2.28. The van der Waals surface area contributed by atoms with Gasteiger partial charge >= 0.3 is 0 Å². The van der Waals surface area contributed by atoms with Crippen molar-refractivity contribution in [3.8, 4) is 0 Å². The number of hydrogen-bond donors (Lipinski definition) is 1. The Morgan fingerprint density at radius 1 is 1.41 bits per heavy atom. The molecular formula is C14H21BrOS. The van der Waals surface area contributed by atoms with Gasteiger partial charge in [-0.2, -0.15) is 0 Å². The van der Waals surface area contributed by atoms with Crippen molar-refractivity contribution in [1.82, 2.24) is 0 Å². The molecule has 0 bridgehead atoms. The van der Waals surface area contributed by atoms with Gasteiger partial charge in [0, 0.05) is 21.2 Å². The number of thiophene rings is 1. The Balaban J connectivity index is 1.82. The third-order valence-corrected chi connectivity index (χ3v) is 5.76. The van der Waals surface area contributed by atoms with Crippen molar-refractivity contribution in [3.63, 3.8) is 0 Å². The third-order valence-electron chi connectivity index (χ3n) is 4.04. The second-order valence-corrected chi connectivity index (χ2v) is 7.10. The van der Waals surface area contributed by atoms with Crippen LogP contribution in [0.2, 0.25) is 0 Å². The average Bonchev–Trinajstić information content (AvgIpc) is 2.75. The highest BCUT2D eigenvalue weighted by atomic mass is 79.9. The summed E-state index contributed by atoms with van der Waals surface area (Å²) < 4.78 is 1.14. The zero-order valence-electron chi connectivity index (χ0n) is 10.4. The molecule has 96 valence electrons. The second kappa shape index (κ2) is 6.35. The Labute approximate surface area is 116 Å². The minimum absolute atomic E-state index is 0.140. The molecular weight excluding hydrogens is 296 g/mol. The first-order chi connectivity index (χ1) is 8.19. The van der Waals surface area contributed by atoms with E-state index in [4.69, 9.17) is 0 Å². The molecule has 1 fully saturated rings. The molecule has 1 saturated carbocycles. The second-order valence-electron chi connectivity index (χ2n) is 5.19. The fourth-order valence-electron chi connectivity index (χ4n) is 2.81. The van der Waals surface area contributed by atoms with E-state index in [2.05, 4.69) is 34.3 Å². The van der Waals surface area contributed by atoms with Crippen molar-refractivity contribution in [2.75, 3.05) is 0 Å². The van der Waals surface area contributed by atoms with Crippen LogP contribution < -0.4 is 0 Å². The summed E-state index contributed by atoms with van der Waals surface area (Å²) in [5.74, 6) is 1.44. The Morgan fingerprint density at radius 2 is 2.12 bits per heavy atom. The standard InChI is InChI=1S/C14H21BrOS/c1-2-10-3-5-11(6-4-10)14(16)8-13-7-12(15)9-17-13/h7,9-11,14,16H,2-6,8H2,1H3. The molecule has 1 atom stereocenters. The molecule has 0 aliphatic heterocycles. The molecule has 1 aromatic rings. The first kappa shape index (κ1) is 13.6. The SMILES string of the molecule is CCC1CCC(C(O)Cc2cc(Br)cs2)CC1. The molecule has 1 aliphatic rings. The maximum Gasteiger partial charge on any atom is 0.0616 e. The predicted octanol–water partition coefficient (Wildman–Crippen LogP) is 4.63. The summed E-state index contributed by atoms with van der Waals surface area (Å²) in [6.07, 6.45) is 7.05. The molecule has 1 unspecified atom stereocenters. The van der Waals surface area contributed by atoms with Gasteiger partial charge in [-0.05, 0) is 46.7 Å². The maximum absolute atomic E-state index is 10.3. The Hall–Kier alpha value is 0.140. The van der Waals surface area contributed by atoms with Crippen LogP contribution in [0.5, 0.6) is 0 Å². The zero-order chi connectivity index (χ0) is 12.3. The minimum Gasteiger partial charge on any atom is -0.392 e. The number of hydrogen-bond acceptors (Lipinski definition) is 2. The third kappa shape index (κ3) is 3.80. The van der Waals surface area contributed by atoms with Crippen LogP contribution in [0.4, 0.5) is 0 Å². The van der Waals surface area contributed by atoms with Crippen molar-refractivity contribution in [2.24, 2.45) is 11.8 Å². The highest BCUT2D eigenvalue weighted by Gasteiger charge is 2.25. The van der Waals surface area contributed by atoms with E-state index < -0.39 is 0 Å². The highest BCUT2D eigenvalue weighted by molar-refractivity contribution is 9.10. The van der Waals surface area contributed by atoms with E-state index in [-0.39, 0.29) is 6.10 Å². The topological polar surface area (TPSA) is 20.2 Å². The molecule has 0 amide bonds. The van der Waals surface area contributed by atoms with E-state index in [9.17, 15) is 5.11 Å². The largest absolute Gasteiger partial charge is 0.392 e. The van der Waals surface area contributed by atoms with Crippen LogP contribution >= 0.6 is 27.3 Å². The Kier molecular flexibility index (Phi) is 5.07. The lowest BCUT2D eigenvalue weighted by Gasteiger charge is -2.30. The van der Waals surface area contributed by atoms with Gasteiger partial charge in [-0.1, -0.05) is 26.2 Å². The van der Waals surface area contributed by atoms with Crippen LogP contribution in [0.25, 0.3) is 0 Å². The number of aliphatic hydroxyl groups is 1. The highest BCUT2D eigenvalue weighted by Crippen LogP contribution is 2.34. The quantitative estimate of drug-likeness (QED) is 0.858. The van der Waals surface area contributed by atoms with Crippen LogP contribution in [-0.4, -0.2) is 11.2 Å². The molecule has 17 heavy (non-hydrogen) atoms. The van der Waals surface area contributed by atoms with E-state index in [1.54, 1.807) is 11.3 Å². The van der Waals surface area contributed by atoms with Crippen molar-refractivity contribution >= 4 is 27.3 Å². The van der Waals surface area contributed by atoms with E-state index >= 15 is 0 Å². The van der Waals surface area contributed by atoms with Gasteiger partial charge in [-0.25, -0.2) is 0 Å². The van der Waals surface area contributed by atoms with Gasteiger partial charge in [0.1, 0.15) is 0 Å². The fraction of sp³-hybridized carbons (Fsp3) is 0.714. The predicted molar refractivity (Wildman–Crippen MR) is 77.5 cm³/mol. The average molecular weight is 317 g/mol. The first-order valence-corrected chi connectivity index (χ1v) is 8.27. The minimum atomic E-state index is -0.140. The van der Waals surface area contributed by atoms with E-state index in [1.165, 1.54) is 37.0 Å². The zero-order valence-corrected chi connectivity index (χ0v) is 12.8. The number of halogens is 1. The van der Waals surface area contributed by atoms with Gasteiger partial charge in [0.25, 0.3) is 0 Å². The van der Waals surface area contributed by atoms with E-state index in [0.717, 1.165) is 16.8 Å². The van der Waals surface area contributed by atoms with E-state index in [0.29, 0.717) is 5.92 Å². The molecule has 1 aliphatic carbocycles. The molecule has 1 aromatic heterocycles. The number of aliphatic hydroxyl groups excluding tert-OH is 1. The lowest BCUT2D eigenvalue weighted by Crippen LogP contribution is -2.27. The molecule has 1 heterocycles. The van der Waals surface area contributed by atoms with Crippen molar-refractivity contribution in [1.29, 1.82) is 0 Å².